The molecule has 0 fully saturated rings. The lowest BCUT2D eigenvalue weighted by Gasteiger charge is -2.43. The van der Waals surface area contributed by atoms with E-state index in [4.69, 9.17) is 13.9 Å². The molecule has 10 nitrogen and oxygen atoms in total. The number of hydrogen-bond acceptors (Lipinski definition) is 8. The van der Waals surface area contributed by atoms with Crippen LogP contribution in [0.3, 0.4) is 0 Å². The summed E-state index contributed by atoms with van der Waals surface area (Å²) < 4.78 is 19.0. The van der Waals surface area contributed by atoms with Gasteiger partial charge in [-0.15, -0.1) is 0 Å². The molecule has 1 N–H and O–H groups in total. The summed E-state index contributed by atoms with van der Waals surface area (Å²) in [6, 6.07) is 21.0. The molecule has 2 aromatic rings. The molecule has 2 unspecified atom stereocenters. The Hall–Kier alpha value is -3.54. The van der Waals surface area contributed by atoms with Crippen molar-refractivity contribution >= 4 is 42.6 Å². The highest BCUT2D eigenvalue weighted by Crippen LogP contribution is 2.37. The van der Waals surface area contributed by atoms with Gasteiger partial charge in [0.15, 0.2) is 0 Å². The molecule has 0 aromatic heterocycles. The molecule has 85 heavy (non-hydrogen) atoms. The molecule has 0 spiro atoms. The van der Waals surface area contributed by atoms with E-state index in [9.17, 15) is 19.2 Å². The molecule has 488 valence electrons. The first-order valence-electron chi connectivity index (χ1n) is 35.6. The van der Waals surface area contributed by atoms with Crippen LogP contribution in [0.1, 0.15) is 299 Å². The molecule has 3 amide bonds. The molecule has 0 saturated carbocycles. The average molecular weight is 1200 g/mol. The molecule has 0 saturated heterocycles. The van der Waals surface area contributed by atoms with Crippen molar-refractivity contribution < 1.29 is 33.1 Å². The Balaban J connectivity index is 2.07. The summed E-state index contributed by atoms with van der Waals surface area (Å²) in [7, 11) is 1.34. The lowest BCUT2D eigenvalue weighted by atomic mass is 9.91. The predicted octanol–water partition coefficient (Wildman–Crippen LogP) is 18.9. The van der Waals surface area contributed by atoms with Crippen molar-refractivity contribution in [1.82, 2.24) is 15.1 Å². The zero-order valence-corrected chi connectivity index (χ0v) is 57.6. The number of unbranched alkanes of at least 4 members (excludes halogenated alkanes) is 24. The van der Waals surface area contributed by atoms with E-state index in [1.807, 2.05) is 14.1 Å². The van der Waals surface area contributed by atoms with Gasteiger partial charge in [0, 0.05) is 26.1 Å². The van der Waals surface area contributed by atoms with Crippen LogP contribution in [0.2, 0.25) is 5.04 Å². The minimum atomic E-state index is -2.72. The van der Waals surface area contributed by atoms with Gasteiger partial charge in [0.2, 0.25) is 5.91 Å². The fraction of sp³-hybridized carbons (Fsp3) is 0.784. The molecule has 0 heterocycles. The van der Waals surface area contributed by atoms with Gasteiger partial charge in [-0.1, -0.05) is 289 Å². The van der Waals surface area contributed by atoms with Crippen molar-refractivity contribution in [2.24, 2.45) is 17.8 Å². The molecule has 0 aliphatic carbocycles. The van der Waals surface area contributed by atoms with Gasteiger partial charge in [-0.3, -0.25) is 19.3 Å². The van der Waals surface area contributed by atoms with Gasteiger partial charge in [-0.05, 0) is 106 Å². The maximum absolute atomic E-state index is 14.5. The number of ether oxygens (including phenoxy) is 2. The number of nitrogens with zero attached hydrogens (tertiary/aromatic N) is 2. The predicted molar refractivity (Wildman–Crippen MR) is 362 cm³/mol. The Labute approximate surface area is 524 Å². The summed E-state index contributed by atoms with van der Waals surface area (Å²) >= 11 is 0. The molecule has 2 rings (SSSR count). The number of imide groups is 1. The first-order chi connectivity index (χ1) is 41.2. The smallest absolute Gasteiger partial charge is 0.324 e. The van der Waals surface area contributed by atoms with Crippen molar-refractivity contribution in [1.29, 1.82) is 0 Å². The second kappa shape index (κ2) is 50.3. The largest absolute Gasteiger partial charge is 0.465 e. The fourth-order valence-electron chi connectivity index (χ4n) is 12.4. The molecular weight excluding hydrogens is 1070 g/mol. The number of benzene rings is 2. The Kier molecular flexibility index (Phi) is 45.9. The van der Waals surface area contributed by atoms with Crippen molar-refractivity contribution in [2.45, 2.75) is 304 Å². The number of rotatable bonds is 55. The van der Waals surface area contributed by atoms with E-state index < -0.39 is 8.32 Å². The molecule has 0 bridgehead atoms. The SMILES string of the molecule is CCCCCCCCC(CCCCCC)C(=O)OCCCCCCCC(CCCCCCCOC(=O)C(CCCCCC)CCCCCCCC)CC(=O)N(CCCN(C)C)C(=O)NCCCO[Si](c1ccccc1)(c1ccccc1)C(C)(C)C. The summed E-state index contributed by atoms with van der Waals surface area (Å²) in [5.74, 6) is 0.188. The lowest BCUT2D eigenvalue weighted by Crippen LogP contribution is -2.66. The average Bonchev–Trinajstić information content (AvgIpc) is 1.66. The minimum absolute atomic E-state index is 0.0153. The zero-order valence-electron chi connectivity index (χ0n) is 56.6. The first kappa shape index (κ1) is 77.6. The van der Waals surface area contributed by atoms with E-state index in [2.05, 4.69) is 119 Å². The van der Waals surface area contributed by atoms with Gasteiger partial charge in [-0.2, -0.15) is 0 Å². The molecule has 2 aromatic carbocycles. The third-order valence-electron chi connectivity index (χ3n) is 17.6. The van der Waals surface area contributed by atoms with Gasteiger partial charge in [0.25, 0.3) is 8.32 Å². The van der Waals surface area contributed by atoms with Crippen molar-refractivity contribution in [3.63, 3.8) is 0 Å². The minimum Gasteiger partial charge on any atom is -0.465 e. The highest BCUT2D eigenvalue weighted by Gasteiger charge is 2.50. The van der Waals surface area contributed by atoms with E-state index in [-0.39, 0.29) is 46.7 Å². The molecular formula is C74H131N3O7Si. The normalized spacial score (nSPS) is 13.0. The van der Waals surface area contributed by atoms with Gasteiger partial charge < -0.3 is 24.1 Å². The molecule has 0 radical (unpaired) electrons. The first-order valence-corrected chi connectivity index (χ1v) is 37.5. The van der Waals surface area contributed by atoms with Crippen LogP contribution < -0.4 is 15.7 Å². The number of urea groups is 1. The van der Waals surface area contributed by atoms with Crippen LogP contribution in [0.4, 0.5) is 4.79 Å². The monoisotopic (exact) mass is 1200 g/mol. The van der Waals surface area contributed by atoms with Crippen LogP contribution in [0.25, 0.3) is 0 Å². The topological polar surface area (TPSA) is 114 Å². The van der Waals surface area contributed by atoms with Crippen molar-refractivity contribution in [3.8, 4) is 0 Å². The molecule has 0 aliphatic heterocycles. The number of hydrogen-bond donors (Lipinski definition) is 1. The molecule has 2 atom stereocenters. The Bertz CT molecular complexity index is 1830. The second-order valence-electron chi connectivity index (χ2n) is 26.5. The van der Waals surface area contributed by atoms with Gasteiger partial charge >= 0.3 is 18.0 Å². The van der Waals surface area contributed by atoms with E-state index in [1.165, 1.54) is 118 Å². The highest BCUT2D eigenvalue weighted by atomic mass is 28.4. The van der Waals surface area contributed by atoms with Crippen LogP contribution in [-0.4, -0.2) is 95.5 Å². The van der Waals surface area contributed by atoms with Crippen molar-refractivity contribution in [2.75, 3.05) is 53.6 Å². The summed E-state index contributed by atoms with van der Waals surface area (Å²) in [5.41, 5.74) is 0. The van der Waals surface area contributed by atoms with Gasteiger partial charge in [-0.25, -0.2) is 4.79 Å². The fourth-order valence-corrected chi connectivity index (χ4v) is 17.0. The Morgan fingerprint density at radius 2 is 0.812 bits per heavy atom. The number of esters is 2. The second-order valence-corrected chi connectivity index (χ2v) is 30.8. The zero-order chi connectivity index (χ0) is 62.1. The van der Waals surface area contributed by atoms with Crippen LogP contribution in [-0.2, 0) is 28.3 Å². The van der Waals surface area contributed by atoms with Gasteiger partial charge in [0.05, 0.1) is 25.0 Å². The molecule has 0 aliphatic rings. The highest BCUT2D eigenvalue weighted by molar-refractivity contribution is 6.99. The number of carbonyl (C=O) groups is 4. The number of nitrogens with one attached hydrogen (secondary N) is 1. The van der Waals surface area contributed by atoms with Crippen LogP contribution in [0, 0.1) is 17.8 Å². The summed E-state index contributed by atoms with van der Waals surface area (Å²) in [4.78, 5) is 58.8. The maximum Gasteiger partial charge on any atom is 0.324 e. The maximum atomic E-state index is 14.5. The van der Waals surface area contributed by atoms with E-state index in [0.717, 1.165) is 135 Å². The van der Waals surface area contributed by atoms with E-state index in [1.54, 1.807) is 0 Å². The summed E-state index contributed by atoms with van der Waals surface area (Å²) in [6.07, 6.45) is 41.8. The lowest BCUT2D eigenvalue weighted by molar-refractivity contribution is -0.150. The van der Waals surface area contributed by atoms with E-state index >= 15 is 0 Å². The third-order valence-corrected chi connectivity index (χ3v) is 22.7. The Morgan fingerprint density at radius 1 is 0.447 bits per heavy atom. The van der Waals surface area contributed by atoms with Crippen LogP contribution in [0.5, 0.6) is 0 Å². The van der Waals surface area contributed by atoms with E-state index in [0.29, 0.717) is 52.2 Å². The van der Waals surface area contributed by atoms with Crippen LogP contribution >= 0.6 is 0 Å². The quantitative estimate of drug-likeness (QED) is 0.0396. The third kappa shape index (κ3) is 35.3. The summed E-state index contributed by atoms with van der Waals surface area (Å²) in [6.45, 7) is 18.9. The Morgan fingerprint density at radius 3 is 1.20 bits per heavy atom. The van der Waals surface area contributed by atoms with Gasteiger partial charge in [0.1, 0.15) is 0 Å². The number of amides is 3. The standard InChI is InChI=1S/C74H131N3O7Si/c1-10-14-18-22-28-38-52-66(50-36-20-16-12-3)71(79)82-61-44-30-24-26-34-48-65(49-35-27-25-31-45-62-83-72(80)67(51-37-21-17-13-4)53-39-29-23-19-15-11-2)64-70(78)77(60-47-59-76(8)9)73(81)75-58-46-63-84-85(74(5,6)7,68-54-40-32-41-55-68)69-56-42-33-43-57-69/h32-33,40-43,54-57,65-67H,10-31,34-39,44-53,58-64H2,1-9H3,(H,75,81). The number of carbonyl (C=O) groups excluding carboxylic acids is 4. The van der Waals surface area contributed by atoms with Crippen LogP contribution in [0.15, 0.2) is 60.7 Å². The molecule has 11 heteroatoms. The summed E-state index contributed by atoms with van der Waals surface area (Å²) in [5, 5.41) is 5.45. The van der Waals surface area contributed by atoms with Crippen molar-refractivity contribution in [3.05, 3.63) is 60.7 Å².